The minimum atomic E-state index is -4.02. The van der Waals surface area contributed by atoms with Crippen molar-refractivity contribution in [1.82, 2.24) is 5.32 Å². The number of halogens is 1. The lowest BCUT2D eigenvalue weighted by Crippen LogP contribution is -2.53. The molecule has 160 valence electrons. The van der Waals surface area contributed by atoms with Crippen LogP contribution in [0, 0.1) is 0 Å². The van der Waals surface area contributed by atoms with Crippen LogP contribution in [-0.4, -0.2) is 57.5 Å². The Morgan fingerprint density at radius 3 is 2.59 bits per heavy atom. The van der Waals surface area contributed by atoms with Gasteiger partial charge in [-0.1, -0.05) is 11.6 Å². The third-order valence-corrected chi connectivity index (χ3v) is 6.40. The van der Waals surface area contributed by atoms with Gasteiger partial charge in [0.05, 0.1) is 24.0 Å². The predicted molar refractivity (Wildman–Crippen MR) is 99.3 cm³/mol. The van der Waals surface area contributed by atoms with Crippen molar-refractivity contribution >= 4 is 27.6 Å². The van der Waals surface area contributed by atoms with Gasteiger partial charge in [0.2, 0.25) is 5.91 Å². The van der Waals surface area contributed by atoms with Crippen LogP contribution in [0.15, 0.2) is 29.2 Å². The molecular weight excluding hydrogens is 426 g/mol. The van der Waals surface area contributed by atoms with Gasteiger partial charge in [0, 0.05) is 11.4 Å². The van der Waals surface area contributed by atoms with Crippen LogP contribution < -0.4 is 5.32 Å². The highest BCUT2D eigenvalue weighted by atomic mass is 35.5. The number of hydrogen-bond donors (Lipinski definition) is 1. The standard InChI is InChI=1S/C18H22ClNO8S/c1-18(2)27-13-7-12(26-17(13)28-18)14(25-16-8-15(21)20-16)9-24-29(22,23)11-5-3-10(19)4-6-11/h3-6,12-14,16-17H,7-9H2,1-2H3,(H,20,21)/t12-,13+,14+,16-,17+/m0/s1. The maximum atomic E-state index is 12.5. The molecule has 3 aliphatic rings. The predicted octanol–water partition coefficient (Wildman–Crippen LogP) is 1.54. The van der Waals surface area contributed by atoms with Crippen LogP contribution in [0.2, 0.25) is 5.02 Å². The topological polar surface area (TPSA) is 109 Å². The number of carbonyl (C=O) groups is 1. The van der Waals surface area contributed by atoms with Crippen molar-refractivity contribution in [3.05, 3.63) is 29.3 Å². The monoisotopic (exact) mass is 447 g/mol. The number of amides is 1. The second-order valence-corrected chi connectivity index (χ2v) is 9.63. The number of ether oxygens (including phenoxy) is 4. The Balaban J connectivity index is 1.42. The Morgan fingerprint density at radius 1 is 1.28 bits per heavy atom. The number of carbonyl (C=O) groups excluding carboxylic acids is 1. The van der Waals surface area contributed by atoms with E-state index in [0.717, 1.165) is 0 Å². The molecule has 1 aromatic carbocycles. The molecule has 1 amide bonds. The fraction of sp³-hybridized carbons (Fsp3) is 0.611. The number of β-lactam (4-membered cyclic amide) rings is 1. The zero-order valence-electron chi connectivity index (χ0n) is 15.9. The third kappa shape index (κ3) is 4.74. The lowest BCUT2D eigenvalue weighted by Gasteiger charge is -2.33. The van der Waals surface area contributed by atoms with Gasteiger partial charge in [-0.25, -0.2) is 0 Å². The Kier molecular flexibility index (Phi) is 5.62. The SMILES string of the molecule is CC1(C)O[C@H]2O[C@H]([C@@H](COS(=O)(=O)c3ccc(Cl)cc3)O[C@H]3CC(=O)N3)C[C@H]2O1. The summed E-state index contributed by atoms with van der Waals surface area (Å²) in [7, 11) is -4.02. The van der Waals surface area contributed by atoms with Gasteiger partial charge in [-0.3, -0.25) is 8.98 Å². The molecule has 11 heteroatoms. The van der Waals surface area contributed by atoms with Crippen molar-refractivity contribution < 1.29 is 36.3 Å². The first kappa shape index (κ1) is 21.0. The molecule has 0 spiro atoms. The Labute approximate surface area is 173 Å². The van der Waals surface area contributed by atoms with E-state index >= 15 is 0 Å². The molecule has 3 fully saturated rings. The third-order valence-electron chi connectivity index (χ3n) is 4.85. The second-order valence-electron chi connectivity index (χ2n) is 7.58. The van der Waals surface area contributed by atoms with E-state index in [-0.39, 0.29) is 29.9 Å². The molecule has 3 aliphatic heterocycles. The lowest BCUT2D eigenvalue weighted by molar-refractivity contribution is -0.225. The lowest BCUT2D eigenvalue weighted by atomic mass is 10.1. The first-order chi connectivity index (χ1) is 13.6. The van der Waals surface area contributed by atoms with E-state index in [1.165, 1.54) is 24.3 Å². The van der Waals surface area contributed by atoms with E-state index < -0.39 is 40.6 Å². The first-order valence-corrected chi connectivity index (χ1v) is 11.0. The zero-order valence-corrected chi connectivity index (χ0v) is 17.4. The van der Waals surface area contributed by atoms with E-state index in [4.69, 9.17) is 34.7 Å². The highest BCUT2D eigenvalue weighted by Crippen LogP contribution is 2.38. The summed E-state index contributed by atoms with van der Waals surface area (Å²) < 4.78 is 53.4. The molecule has 29 heavy (non-hydrogen) atoms. The maximum Gasteiger partial charge on any atom is 0.297 e. The van der Waals surface area contributed by atoms with Crippen molar-refractivity contribution in [3.63, 3.8) is 0 Å². The van der Waals surface area contributed by atoms with Crippen LogP contribution in [0.4, 0.5) is 0 Å². The minimum Gasteiger partial charge on any atom is -0.350 e. The van der Waals surface area contributed by atoms with Gasteiger partial charge < -0.3 is 24.3 Å². The van der Waals surface area contributed by atoms with E-state index in [1.54, 1.807) is 13.8 Å². The molecule has 1 N–H and O–H groups in total. The smallest absolute Gasteiger partial charge is 0.297 e. The number of nitrogens with one attached hydrogen (secondary N) is 1. The highest BCUT2D eigenvalue weighted by molar-refractivity contribution is 7.86. The van der Waals surface area contributed by atoms with Crippen molar-refractivity contribution in [3.8, 4) is 0 Å². The van der Waals surface area contributed by atoms with Crippen LogP contribution in [0.1, 0.15) is 26.7 Å². The molecular formula is C18H22ClNO8S. The first-order valence-electron chi connectivity index (χ1n) is 9.22. The molecule has 0 saturated carbocycles. The summed E-state index contributed by atoms with van der Waals surface area (Å²) in [5.74, 6) is -0.881. The molecule has 4 rings (SSSR count). The van der Waals surface area contributed by atoms with Crippen molar-refractivity contribution in [1.29, 1.82) is 0 Å². The van der Waals surface area contributed by atoms with E-state index in [0.29, 0.717) is 11.4 Å². The van der Waals surface area contributed by atoms with Gasteiger partial charge in [-0.2, -0.15) is 8.42 Å². The highest BCUT2D eigenvalue weighted by Gasteiger charge is 2.51. The van der Waals surface area contributed by atoms with E-state index in [9.17, 15) is 13.2 Å². The molecule has 9 nitrogen and oxygen atoms in total. The summed E-state index contributed by atoms with van der Waals surface area (Å²) in [4.78, 5) is 11.2. The zero-order chi connectivity index (χ0) is 20.8. The van der Waals surface area contributed by atoms with Crippen molar-refractivity contribution in [2.75, 3.05) is 6.61 Å². The number of rotatable bonds is 7. The summed E-state index contributed by atoms with van der Waals surface area (Å²) in [6.07, 6.45) is -1.99. The number of hydrogen-bond acceptors (Lipinski definition) is 8. The van der Waals surface area contributed by atoms with Crippen LogP contribution >= 0.6 is 11.6 Å². The molecule has 3 saturated heterocycles. The minimum absolute atomic E-state index is 0.0183. The molecule has 0 unspecified atom stereocenters. The van der Waals surface area contributed by atoms with Crippen molar-refractivity contribution in [2.24, 2.45) is 0 Å². The van der Waals surface area contributed by atoms with Crippen LogP contribution in [0.25, 0.3) is 0 Å². The number of fused-ring (bicyclic) bond motifs is 1. The summed E-state index contributed by atoms with van der Waals surface area (Å²) in [5.41, 5.74) is 0. The average molecular weight is 448 g/mol. The summed E-state index contributed by atoms with van der Waals surface area (Å²) >= 11 is 5.80. The van der Waals surface area contributed by atoms with Crippen LogP contribution in [0.5, 0.6) is 0 Å². The fourth-order valence-corrected chi connectivity index (χ4v) is 4.50. The van der Waals surface area contributed by atoms with Gasteiger partial charge in [0.1, 0.15) is 18.4 Å². The van der Waals surface area contributed by atoms with Gasteiger partial charge in [0.25, 0.3) is 10.1 Å². The molecule has 0 radical (unpaired) electrons. The molecule has 1 aromatic rings. The Bertz CT molecular complexity index is 850. The van der Waals surface area contributed by atoms with E-state index in [2.05, 4.69) is 5.32 Å². The van der Waals surface area contributed by atoms with Gasteiger partial charge in [-0.05, 0) is 38.1 Å². The van der Waals surface area contributed by atoms with Crippen LogP contribution in [0.3, 0.4) is 0 Å². The van der Waals surface area contributed by atoms with Crippen molar-refractivity contribution in [2.45, 2.75) is 68.2 Å². The molecule has 0 bridgehead atoms. The summed E-state index contributed by atoms with van der Waals surface area (Å²) in [6.45, 7) is 3.30. The molecule has 3 heterocycles. The summed E-state index contributed by atoms with van der Waals surface area (Å²) in [5, 5.41) is 3.01. The molecule has 5 atom stereocenters. The molecule has 0 aliphatic carbocycles. The number of benzene rings is 1. The van der Waals surface area contributed by atoms with Gasteiger partial charge >= 0.3 is 0 Å². The van der Waals surface area contributed by atoms with Gasteiger partial charge in [-0.15, -0.1) is 0 Å². The van der Waals surface area contributed by atoms with Gasteiger partial charge in [0.15, 0.2) is 12.1 Å². The fourth-order valence-electron chi connectivity index (χ4n) is 3.45. The maximum absolute atomic E-state index is 12.5. The Hall–Kier alpha value is -1.27. The largest absolute Gasteiger partial charge is 0.350 e. The second kappa shape index (κ2) is 7.77. The normalized spacial score (nSPS) is 31.8. The molecule has 0 aromatic heterocycles. The quantitative estimate of drug-likeness (QED) is 0.495. The summed E-state index contributed by atoms with van der Waals surface area (Å²) in [6, 6.07) is 5.65. The Morgan fingerprint density at radius 2 is 1.97 bits per heavy atom. The average Bonchev–Trinajstić information content (AvgIpc) is 3.10. The van der Waals surface area contributed by atoms with E-state index in [1.807, 2.05) is 0 Å². The van der Waals surface area contributed by atoms with Crippen LogP contribution in [-0.2, 0) is 38.0 Å².